The Morgan fingerprint density at radius 2 is 1.88 bits per heavy atom. The highest BCUT2D eigenvalue weighted by Crippen LogP contribution is 2.30. The van der Waals surface area contributed by atoms with Crippen LogP contribution in [-0.2, 0) is 4.79 Å². The Morgan fingerprint density at radius 3 is 2.64 bits per heavy atom. The standard InChI is InChI=1S/C19H22N2O3.ClH/c1-23-18-10-6-5-9-16(18)17-13-20-11-12-21(17)19(22)14-24-15-7-3-2-4-8-15;/h2-10,17,20H,11-14H2,1H3;1H. The number of rotatable bonds is 5. The van der Waals surface area contributed by atoms with E-state index < -0.39 is 0 Å². The van der Waals surface area contributed by atoms with E-state index in [1.54, 1.807) is 7.11 Å². The Bertz CT molecular complexity index is 681. The van der Waals surface area contributed by atoms with Crippen molar-refractivity contribution in [3.05, 3.63) is 60.2 Å². The van der Waals surface area contributed by atoms with Crippen LogP contribution in [0.3, 0.4) is 0 Å². The van der Waals surface area contributed by atoms with Crippen LogP contribution in [0.25, 0.3) is 0 Å². The average Bonchev–Trinajstić information content (AvgIpc) is 2.67. The van der Waals surface area contributed by atoms with Gasteiger partial charge in [0.25, 0.3) is 5.91 Å². The van der Waals surface area contributed by atoms with Gasteiger partial charge in [-0.25, -0.2) is 0 Å². The summed E-state index contributed by atoms with van der Waals surface area (Å²) in [7, 11) is 1.65. The summed E-state index contributed by atoms with van der Waals surface area (Å²) in [5, 5.41) is 3.35. The summed E-state index contributed by atoms with van der Waals surface area (Å²) >= 11 is 0. The minimum atomic E-state index is -0.0539. The van der Waals surface area contributed by atoms with Crippen LogP contribution in [0.2, 0.25) is 0 Å². The largest absolute Gasteiger partial charge is 0.496 e. The summed E-state index contributed by atoms with van der Waals surface area (Å²) in [5.74, 6) is 1.49. The monoisotopic (exact) mass is 362 g/mol. The third-order valence-electron chi connectivity index (χ3n) is 4.17. The summed E-state index contributed by atoms with van der Waals surface area (Å²) in [6, 6.07) is 17.2. The van der Waals surface area contributed by atoms with E-state index in [0.717, 1.165) is 17.9 Å². The second kappa shape index (κ2) is 9.30. The SMILES string of the molecule is COc1ccccc1C1CNCCN1C(=O)COc1ccccc1.Cl. The van der Waals surface area contributed by atoms with E-state index in [-0.39, 0.29) is 31.0 Å². The summed E-state index contributed by atoms with van der Waals surface area (Å²) in [5.41, 5.74) is 1.01. The van der Waals surface area contributed by atoms with Crippen LogP contribution in [0.4, 0.5) is 0 Å². The van der Waals surface area contributed by atoms with Crippen molar-refractivity contribution in [2.75, 3.05) is 33.4 Å². The van der Waals surface area contributed by atoms with Crippen molar-refractivity contribution in [2.24, 2.45) is 0 Å². The first-order valence-electron chi connectivity index (χ1n) is 8.10. The number of halogens is 1. The zero-order valence-corrected chi connectivity index (χ0v) is 15.0. The Labute approximate surface area is 154 Å². The number of hydrogen-bond acceptors (Lipinski definition) is 4. The van der Waals surface area contributed by atoms with E-state index in [9.17, 15) is 4.79 Å². The summed E-state index contributed by atoms with van der Waals surface area (Å²) in [6.07, 6.45) is 0. The normalized spacial score (nSPS) is 16.7. The lowest BCUT2D eigenvalue weighted by atomic mass is 10.0. The van der Waals surface area contributed by atoms with E-state index in [4.69, 9.17) is 9.47 Å². The van der Waals surface area contributed by atoms with E-state index in [0.29, 0.717) is 18.8 Å². The lowest BCUT2D eigenvalue weighted by Crippen LogP contribution is -2.50. The molecule has 2 aromatic carbocycles. The van der Waals surface area contributed by atoms with Crippen molar-refractivity contribution in [3.8, 4) is 11.5 Å². The molecule has 0 bridgehead atoms. The number of nitrogens with zero attached hydrogens (tertiary/aromatic N) is 1. The highest BCUT2D eigenvalue weighted by Gasteiger charge is 2.29. The van der Waals surface area contributed by atoms with Crippen LogP contribution < -0.4 is 14.8 Å². The van der Waals surface area contributed by atoms with Crippen LogP contribution in [-0.4, -0.2) is 44.2 Å². The smallest absolute Gasteiger partial charge is 0.261 e. The van der Waals surface area contributed by atoms with Gasteiger partial charge in [-0.3, -0.25) is 4.79 Å². The molecule has 0 aliphatic carbocycles. The van der Waals surface area contributed by atoms with E-state index >= 15 is 0 Å². The van der Waals surface area contributed by atoms with Gasteiger partial charge in [0.15, 0.2) is 6.61 Å². The van der Waals surface area contributed by atoms with Gasteiger partial charge in [0.05, 0.1) is 13.2 Å². The van der Waals surface area contributed by atoms with Crippen LogP contribution in [0, 0.1) is 0 Å². The quantitative estimate of drug-likeness (QED) is 0.888. The number of nitrogens with one attached hydrogen (secondary N) is 1. The second-order valence-corrected chi connectivity index (χ2v) is 5.65. The van der Waals surface area contributed by atoms with Crippen molar-refractivity contribution >= 4 is 18.3 Å². The van der Waals surface area contributed by atoms with E-state index in [2.05, 4.69) is 5.32 Å². The number of benzene rings is 2. The highest BCUT2D eigenvalue weighted by molar-refractivity contribution is 5.85. The van der Waals surface area contributed by atoms with Gasteiger partial charge in [-0.05, 0) is 18.2 Å². The number of carbonyl (C=O) groups is 1. The van der Waals surface area contributed by atoms with Crippen LogP contribution in [0.15, 0.2) is 54.6 Å². The van der Waals surface area contributed by atoms with Gasteiger partial charge in [-0.15, -0.1) is 12.4 Å². The maximum absolute atomic E-state index is 12.7. The molecular formula is C19H23ClN2O3. The first-order chi connectivity index (χ1) is 11.8. The van der Waals surface area contributed by atoms with Crippen LogP contribution in [0.5, 0.6) is 11.5 Å². The molecule has 3 rings (SSSR count). The number of hydrogen-bond donors (Lipinski definition) is 1. The van der Waals surface area contributed by atoms with Crippen molar-refractivity contribution < 1.29 is 14.3 Å². The molecule has 2 aromatic rings. The van der Waals surface area contributed by atoms with Gasteiger partial charge in [0, 0.05) is 25.2 Å². The summed E-state index contributed by atoms with van der Waals surface area (Å²) in [6.45, 7) is 2.18. The Balaban J connectivity index is 0.00000225. The molecule has 0 aromatic heterocycles. The molecule has 5 nitrogen and oxygen atoms in total. The van der Waals surface area contributed by atoms with Gasteiger partial charge in [0.1, 0.15) is 11.5 Å². The minimum absolute atomic E-state index is 0. The molecule has 1 unspecified atom stereocenters. The predicted octanol–water partition coefficient (Wildman–Crippen LogP) is 2.67. The zero-order chi connectivity index (χ0) is 16.8. The Hall–Kier alpha value is -2.24. The first kappa shape index (κ1) is 19.1. The number of carbonyl (C=O) groups excluding carboxylic acids is 1. The molecule has 1 fully saturated rings. The molecule has 1 heterocycles. The van der Waals surface area contributed by atoms with Crippen LogP contribution in [0.1, 0.15) is 11.6 Å². The molecule has 134 valence electrons. The fraction of sp³-hybridized carbons (Fsp3) is 0.316. The number of amides is 1. The minimum Gasteiger partial charge on any atom is -0.496 e. The van der Waals surface area contributed by atoms with Crippen molar-refractivity contribution in [2.45, 2.75) is 6.04 Å². The number of piperazine rings is 1. The van der Waals surface area contributed by atoms with Crippen molar-refractivity contribution in [1.82, 2.24) is 10.2 Å². The van der Waals surface area contributed by atoms with Gasteiger partial charge in [-0.1, -0.05) is 36.4 Å². The van der Waals surface area contributed by atoms with E-state index in [1.165, 1.54) is 0 Å². The maximum Gasteiger partial charge on any atom is 0.261 e. The van der Waals surface area contributed by atoms with Gasteiger partial charge < -0.3 is 19.7 Å². The Morgan fingerprint density at radius 1 is 1.16 bits per heavy atom. The average molecular weight is 363 g/mol. The fourth-order valence-corrected chi connectivity index (χ4v) is 2.97. The lowest BCUT2D eigenvalue weighted by molar-refractivity contribution is -0.136. The topological polar surface area (TPSA) is 50.8 Å². The Kier molecular flexibility index (Phi) is 7.10. The summed E-state index contributed by atoms with van der Waals surface area (Å²) < 4.78 is 11.1. The summed E-state index contributed by atoms with van der Waals surface area (Å²) in [4.78, 5) is 14.6. The van der Waals surface area contributed by atoms with Gasteiger partial charge >= 0.3 is 0 Å². The molecule has 0 saturated carbocycles. The number of ether oxygens (including phenoxy) is 2. The molecule has 1 aliphatic rings. The molecule has 0 radical (unpaired) electrons. The van der Waals surface area contributed by atoms with Crippen molar-refractivity contribution in [1.29, 1.82) is 0 Å². The molecule has 6 heteroatoms. The van der Waals surface area contributed by atoms with Crippen LogP contribution >= 0.6 is 12.4 Å². The molecule has 0 spiro atoms. The van der Waals surface area contributed by atoms with Gasteiger partial charge in [-0.2, -0.15) is 0 Å². The molecular weight excluding hydrogens is 340 g/mol. The van der Waals surface area contributed by atoms with Crippen molar-refractivity contribution in [3.63, 3.8) is 0 Å². The molecule has 1 atom stereocenters. The molecule has 1 saturated heterocycles. The highest BCUT2D eigenvalue weighted by atomic mass is 35.5. The molecule has 1 aliphatic heterocycles. The number of methoxy groups -OCH3 is 1. The molecule has 1 N–H and O–H groups in total. The molecule has 25 heavy (non-hydrogen) atoms. The second-order valence-electron chi connectivity index (χ2n) is 5.65. The predicted molar refractivity (Wildman–Crippen MR) is 99.5 cm³/mol. The third kappa shape index (κ3) is 4.65. The third-order valence-corrected chi connectivity index (χ3v) is 4.17. The molecule has 1 amide bonds. The first-order valence-corrected chi connectivity index (χ1v) is 8.10. The zero-order valence-electron chi connectivity index (χ0n) is 14.2. The maximum atomic E-state index is 12.7. The fourth-order valence-electron chi connectivity index (χ4n) is 2.97. The van der Waals surface area contributed by atoms with E-state index in [1.807, 2.05) is 59.5 Å². The lowest BCUT2D eigenvalue weighted by Gasteiger charge is -2.37. The van der Waals surface area contributed by atoms with Gasteiger partial charge in [0.2, 0.25) is 0 Å². The number of para-hydroxylation sites is 2.